The van der Waals surface area contributed by atoms with Gasteiger partial charge in [-0.05, 0) is 23.8 Å². The summed E-state index contributed by atoms with van der Waals surface area (Å²) in [6.45, 7) is 0.658. The Labute approximate surface area is 117 Å². The van der Waals surface area contributed by atoms with E-state index < -0.39 is 5.82 Å². The van der Waals surface area contributed by atoms with Crippen molar-refractivity contribution in [3.8, 4) is 17.6 Å². The third-order valence-corrected chi connectivity index (χ3v) is 2.67. The normalized spacial score (nSPS) is 9.95. The Morgan fingerprint density at radius 3 is 3.00 bits per heavy atom. The minimum absolute atomic E-state index is 0.206. The van der Waals surface area contributed by atoms with Crippen LogP contribution in [0, 0.1) is 17.7 Å². The van der Waals surface area contributed by atoms with Crippen molar-refractivity contribution in [1.82, 2.24) is 9.78 Å². The topological polar surface area (TPSA) is 53.1 Å². The lowest BCUT2D eigenvalue weighted by molar-refractivity contribution is 0.305. The lowest BCUT2D eigenvalue weighted by atomic mass is 10.2. The molecule has 0 atom stereocenters. The largest absolute Gasteiger partial charge is 0.490 e. The van der Waals surface area contributed by atoms with E-state index in [2.05, 4.69) is 16.9 Å². The predicted octanol–water partition coefficient (Wildman–Crippen LogP) is 1.49. The van der Waals surface area contributed by atoms with Crippen LogP contribution < -0.4 is 10.5 Å². The Hall–Kier alpha value is -2.32. The molecule has 0 aliphatic rings. The number of nitrogens with zero attached hydrogens (tertiary/aromatic N) is 2. The Kier molecular flexibility index (Phi) is 4.75. The molecule has 0 amide bonds. The van der Waals surface area contributed by atoms with Crippen molar-refractivity contribution in [2.75, 3.05) is 13.2 Å². The van der Waals surface area contributed by atoms with Crippen molar-refractivity contribution in [3.05, 3.63) is 47.5 Å². The average Bonchev–Trinajstić information content (AvgIpc) is 2.85. The molecular formula is C15H16FN3O. The number of aryl methyl sites for hydroxylation is 1. The maximum Gasteiger partial charge on any atom is 0.165 e. The van der Waals surface area contributed by atoms with E-state index in [1.165, 1.54) is 6.07 Å². The second-order valence-electron chi connectivity index (χ2n) is 4.27. The lowest BCUT2D eigenvalue weighted by Crippen LogP contribution is -2.02. The summed E-state index contributed by atoms with van der Waals surface area (Å²) in [5.74, 6) is 5.39. The van der Waals surface area contributed by atoms with Crippen LogP contribution in [0.3, 0.4) is 0 Å². The molecule has 2 rings (SSSR count). The van der Waals surface area contributed by atoms with Gasteiger partial charge in [0.2, 0.25) is 0 Å². The lowest BCUT2D eigenvalue weighted by Gasteiger charge is -2.06. The van der Waals surface area contributed by atoms with E-state index in [9.17, 15) is 4.39 Å². The van der Waals surface area contributed by atoms with Crippen LogP contribution in [0.4, 0.5) is 4.39 Å². The second kappa shape index (κ2) is 6.73. The maximum atomic E-state index is 13.6. The van der Waals surface area contributed by atoms with E-state index in [4.69, 9.17) is 10.5 Å². The fourth-order valence-electron chi connectivity index (χ4n) is 1.72. The average molecular weight is 273 g/mol. The third kappa shape index (κ3) is 3.84. The molecule has 0 aliphatic heterocycles. The summed E-state index contributed by atoms with van der Waals surface area (Å²) in [5.41, 5.74) is 7.04. The number of hydrogen-bond acceptors (Lipinski definition) is 3. The molecule has 0 saturated carbocycles. The highest BCUT2D eigenvalue weighted by Crippen LogP contribution is 2.18. The third-order valence-electron chi connectivity index (χ3n) is 2.67. The molecule has 0 radical (unpaired) electrons. The van der Waals surface area contributed by atoms with Crippen molar-refractivity contribution in [2.45, 2.75) is 6.42 Å². The van der Waals surface area contributed by atoms with Crippen molar-refractivity contribution < 1.29 is 9.13 Å². The molecule has 104 valence electrons. The summed E-state index contributed by atoms with van der Waals surface area (Å²) in [4.78, 5) is 0. The predicted molar refractivity (Wildman–Crippen MR) is 74.7 cm³/mol. The van der Waals surface area contributed by atoms with Gasteiger partial charge >= 0.3 is 0 Å². The first-order chi connectivity index (χ1) is 9.69. The van der Waals surface area contributed by atoms with E-state index in [1.807, 2.05) is 13.2 Å². The zero-order valence-electron chi connectivity index (χ0n) is 11.3. The number of nitrogens with two attached hydrogens (primary N) is 1. The highest BCUT2D eigenvalue weighted by atomic mass is 19.1. The number of benzene rings is 1. The molecule has 0 unspecified atom stereocenters. The van der Waals surface area contributed by atoms with Gasteiger partial charge in [-0.1, -0.05) is 11.8 Å². The molecular weight excluding hydrogens is 257 g/mol. The molecule has 20 heavy (non-hydrogen) atoms. The first-order valence-electron chi connectivity index (χ1n) is 6.28. The fourth-order valence-corrected chi connectivity index (χ4v) is 1.72. The Bertz CT molecular complexity index is 640. The molecule has 0 spiro atoms. The standard InChI is InChI=1S/C15H16FN3O/c1-19-11-13(10-18-19)6-8-20-15-9-12(3-2-7-17)4-5-14(15)16/h4-5,9-11H,6-8,17H2,1H3. The zero-order valence-corrected chi connectivity index (χ0v) is 11.3. The summed E-state index contributed by atoms with van der Waals surface area (Å²) >= 11 is 0. The molecule has 1 heterocycles. The number of rotatable bonds is 4. The number of halogens is 1. The van der Waals surface area contributed by atoms with Crippen molar-refractivity contribution in [2.24, 2.45) is 12.8 Å². The van der Waals surface area contributed by atoms with Crippen LogP contribution in [-0.4, -0.2) is 22.9 Å². The van der Waals surface area contributed by atoms with Gasteiger partial charge in [0, 0.05) is 25.2 Å². The molecule has 0 bridgehead atoms. The highest BCUT2D eigenvalue weighted by molar-refractivity contribution is 5.40. The molecule has 0 aliphatic carbocycles. The number of aromatic nitrogens is 2. The molecule has 1 aromatic heterocycles. The van der Waals surface area contributed by atoms with Gasteiger partial charge < -0.3 is 10.5 Å². The van der Waals surface area contributed by atoms with Crippen LogP contribution >= 0.6 is 0 Å². The molecule has 2 aromatic rings. The zero-order chi connectivity index (χ0) is 14.4. The van der Waals surface area contributed by atoms with Gasteiger partial charge in [0.1, 0.15) is 0 Å². The Balaban J connectivity index is 1.97. The summed E-state index contributed by atoms with van der Waals surface area (Å²) in [5, 5.41) is 4.06. The van der Waals surface area contributed by atoms with Gasteiger partial charge in [-0.3, -0.25) is 4.68 Å². The molecule has 5 heteroatoms. The fraction of sp³-hybridized carbons (Fsp3) is 0.267. The number of hydrogen-bond donors (Lipinski definition) is 1. The molecule has 0 fully saturated rings. The van der Waals surface area contributed by atoms with E-state index in [-0.39, 0.29) is 12.3 Å². The Morgan fingerprint density at radius 1 is 1.45 bits per heavy atom. The monoisotopic (exact) mass is 273 g/mol. The highest BCUT2D eigenvalue weighted by Gasteiger charge is 2.04. The van der Waals surface area contributed by atoms with Crippen LogP contribution in [0.2, 0.25) is 0 Å². The van der Waals surface area contributed by atoms with Crippen LogP contribution in [-0.2, 0) is 13.5 Å². The molecule has 1 aromatic carbocycles. The molecule has 4 nitrogen and oxygen atoms in total. The summed E-state index contributed by atoms with van der Waals surface area (Å²) in [6.07, 6.45) is 4.34. The number of ether oxygens (including phenoxy) is 1. The first-order valence-corrected chi connectivity index (χ1v) is 6.28. The van der Waals surface area contributed by atoms with E-state index in [1.54, 1.807) is 23.0 Å². The quantitative estimate of drug-likeness (QED) is 0.859. The SMILES string of the molecule is Cn1cc(CCOc2cc(C#CCN)ccc2F)cn1. The van der Waals surface area contributed by atoms with Crippen LogP contribution in [0.25, 0.3) is 0 Å². The van der Waals surface area contributed by atoms with Gasteiger partial charge in [0.25, 0.3) is 0 Å². The van der Waals surface area contributed by atoms with Gasteiger partial charge in [0.05, 0.1) is 19.3 Å². The molecule has 2 N–H and O–H groups in total. The second-order valence-corrected chi connectivity index (χ2v) is 4.27. The summed E-state index contributed by atoms with van der Waals surface area (Å²) in [7, 11) is 1.85. The smallest absolute Gasteiger partial charge is 0.165 e. The van der Waals surface area contributed by atoms with E-state index in [0.29, 0.717) is 18.6 Å². The van der Waals surface area contributed by atoms with Gasteiger partial charge in [0.15, 0.2) is 11.6 Å². The first kappa shape index (κ1) is 14.1. The van der Waals surface area contributed by atoms with Crippen LogP contribution in [0.1, 0.15) is 11.1 Å². The summed E-state index contributed by atoms with van der Waals surface area (Å²) in [6, 6.07) is 4.53. The van der Waals surface area contributed by atoms with Crippen molar-refractivity contribution in [3.63, 3.8) is 0 Å². The Morgan fingerprint density at radius 2 is 2.30 bits per heavy atom. The maximum absolute atomic E-state index is 13.6. The minimum Gasteiger partial charge on any atom is -0.490 e. The van der Waals surface area contributed by atoms with E-state index >= 15 is 0 Å². The summed E-state index contributed by atoms with van der Waals surface area (Å²) < 4.78 is 20.8. The van der Waals surface area contributed by atoms with Gasteiger partial charge in [-0.2, -0.15) is 5.10 Å². The molecule has 0 saturated heterocycles. The van der Waals surface area contributed by atoms with Crippen molar-refractivity contribution >= 4 is 0 Å². The van der Waals surface area contributed by atoms with E-state index in [0.717, 1.165) is 5.56 Å². The van der Waals surface area contributed by atoms with Crippen LogP contribution in [0.15, 0.2) is 30.6 Å². The van der Waals surface area contributed by atoms with Crippen LogP contribution in [0.5, 0.6) is 5.75 Å². The van der Waals surface area contributed by atoms with Gasteiger partial charge in [-0.15, -0.1) is 0 Å². The van der Waals surface area contributed by atoms with Crippen molar-refractivity contribution in [1.29, 1.82) is 0 Å². The van der Waals surface area contributed by atoms with Gasteiger partial charge in [-0.25, -0.2) is 4.39 Å². The minimum atomic E-state index is -0.394.